The number of carbonyl (C=O) groups is 1. The Labute approximate surface area is 118 Å². The number of halogens is 1. The lowest BCUT2D eigenvalue weighted by Gasteiger charge is -2.04. The van der Waals surface area contributed by atoms with Gasteiger partial charge in [-0.05, 0) is 33.4 Å². The minimum atomic E-state index is -0.114. The van der Waals surface area contributed by atoms with Gasteiger partial charge in [0.25, 0.3) is 0 Å². The van der Waals surface area contributed by atoms with E-state index in [-0.39, 0.29) is 5.78 Å². The van der Waals surface area contributed by atoms with Gasteiger partial charge in [0.2, 0.25) is 5.78 Å². The molecular formula is C15H9BrN2O. The molecule has 0 radical (unpaired) electrons. The first-order valence-corrected chi connectivity index (χ1v) is 6.54. The van der Waals surface area contributed by atoms with Crippen LogP contribution in [0.4, 0.5) is 0 Å². The van der Waals surface area contributed by atoms with Gasteiger partial charge in [0.15, 0.2) is 0 Å². The van der Waals surface area contributed by atoms with E-state index >= 15 is 0 Å². The van der Waals surface area contributed by atoms with Crippen LogP contribution in [0.25, 0.3) is 10.8 Å². The van der Waals surface area contributed by atoms with Gasteiger partial charge in [0, 0.05) is 28.4 Å². The summed E-state index contributed by atoms with van der Waals surface area (Å²) in [6, 6.07) is 11.2. The third-order valence-electron chi connectivity index (χ3n) is 2.87. The van der Waals surface area contributed by atoms with Crippen LogP contribution in [0.5, 0.6) is 0 Å². The molecule has 92 valence electrons. The van der Waals surface area contributed by atoms with Crippen molar-refractivity contribution in [3.63, 3.8) is 0 Å². The van der Waals surface area contributed by atoms with E-state index in [1.807, 2.05) is 24.3 Å². The van der Waals surface area contributed by atoms with Crippen molar-refractivity contribution < 1.29 is 4.79 Å². The highest BCUT2D eigenvalue weighted by Crippen LogP contribution is 2.20. The number of benzene rings is 1. The second-order valence-electron chi connectivity index (χ2n) is 4.10. The van der Waals surface area contributed by atoms with E-state index in [2.05, 4.69) is 25.9 Å². The number of carbonyl (C=O) groups excluding carboxylic acids is 1. The van der Waals surface area contributed by atoms with Crippen LogP contribution in [0.1, 0.15) is 16.1 Å². The molecule has 0 amide bonds. The van der Waals surface area contributed by atoms with E-state index in [9.17, 15) is 4.79 Å². The quantitative estimate of drug-likeness (QED) is 0.679. The lowest BCUT2D eigenvalue weighted by atomic mass is 10.0. The maximum absolute atomic E-state index is 12.5. The molecule has 0 aliphatic carbocycles. The number of pyridine rings is 2. The van der Waals surface area contributed by atoms with Crippen molar-refractivity contribution in [1.82, 2.24) is 9.97 Å². The van der Waals surface area contributed by atoms with Gasteiger partial charge in [-0.25, -0.2) is 0 Å². The summed E-state index contributed by atoms with van der Waals surface area (Å²) in [5, 5.41) is 1.85. The van der Waals surface area contributed by atoms with Gasteiger partial charge in [-0.3, -0.25) is 14.8 Å². The second kappa shape index (κ2) is 4.90. The molecule has 0 atom stereocenters. The molecule has 2 aromatic heterocycles. The van der Waals surface area contributed by atoms with Crippen molar-refractivity contribution in [1.29, 1.82) is 0 Å². The summed E-state index contributed by atoms with van der Waals surface area (Å²) in [5.41, 5.74) is 0.995. The van der Waals surface area contributed by atoms with Gasteiger partial charge in [-0.2, -0.15) is 0 Å². The number of rotatable bonds is 2. The molecule has 4 heteroatoms. The fraction of sp³-hybridized carbons (Fsp3) is 0. The molecule has 0 unspecified atom stereocenters. The van der Waals surface area contributed by atoms with Crippen molar-refractivity contribution in [3.8, 4) is 0 Å². The van der Waals surface area contributed by atoms with Crippen molar-refractivity contribution in [2.45, 2.75) is 0 Å². The summed E-state index contributed by atoms with van der Waals surface area (Å²) in [6.07, 6.45) is 4.96. The molecule has 0 fully saturated rings. The Morgan fingerprint density at radius 3 is 2.63 bits per heavy atom. The maximum Gasteiger partial charge on any atom is 0.213 e. The van der Waals surface area contributed by atoms with Crippen molar-refractivity contribution in [3.05, 3.63) is 70.7 Å². The molecule has 3 aromatic rings. The Kier molecular flexibility index (Phi) is 3.09. The molecule has 1 aromatic carbocycles. The minimum Gasteiger partial charge on any atom is -0.287 e. The van der Waals surface area contributed by atoms with Crippen molar-refractivity contribution >= 4 is 32.5 Å². The summed E-state index contributed by atoms with van der Waals surface area (Å²) in [4.78, 5) is 20.7. The minimum absolute atomic E-state index is 0.114. The predicted octanol–water partition coefficient (Wildman–Crippen LogP) is 3.62. The van der Waals surface area contributed by atoms with Crippen LogP contribution in [0.15, 0.2) is 59.5 Å². The van der Waals surface area contributed by atoms with Crippen LogP contribution in [0, 0.1) is 0 Å². The molecule has 2 heterocycles. The number of hydrogen-bond donors (Lipinski definition) is 0. The molecule has 0 N–H and O–H groups in total. The lowest BCUT2D eigenvalue weighted by Crippen LogP contribution is -2.05. The SMILES string of the molecule is O=C(c1ccc(Br)cn1)c1cncc2ccccc12. The Morgan fingerprint density at radius 2 is 1.84 bits per heavy atom. The number of aromatic nitrogens is 2. The summed E-state index contributed by atoms with van der Waals surface area (Å²) in [7, 11) is 0. The van der Waals surface area contributed by atoms with Crippen LogP contribution in [-0.2, 0) is 0 Å². The van der Waals surface area contributed by atoms with Gasteiger partial charge in [-0.1, -0.05) is 24.3 Å². The summed E-state index contributed by atoms with van der Waals surface area (Å²) < 4.78 is 0.847. The van der Waals surface area contributed by atoms with Crippen LogP contribution in [-0.4, -0.2) is 15.8 Å². The average molecular weight is 313 g/mol. The second-order valence-corrected chi connectivity index (χ2v) is 5.01. The highest BCUT2D eigenvalue weighted by atomic mass is 79.9. The lowest BCUT2D eigenvalue weighted by molar-refractivity contribution is 0.103. The third kappa shape index (κ3) is 2.27. The van der Waals surface area contributed by atoms with E-state index in [1.54, 1.807) is 30.7 Å². The standard InChI is InChI=1S/C15H9BrN2O/c16-11-5-6-14(18-8-11)15(19)13-9-17-7-10-3-1-2-4-12(10)13/h1-9H. The molecule has 0 saturated carbocycles. The monoisotopic (exact) mass is 312 g/mol. The zero-order valence-electron chi connectivity index (χ0n) is 9.88. The number of nitrogens with zero attached hydrogens (tertiary/aromatic N) is 2. The zero-order chi connectivity index (χ0) is 13.2. The molecule has 19 heavy (non-hydrogen) atoms. The fourth-order valence-corrected chi connectivity index (χ4v) is 2.18. The van der Waals surface area contributed by atoms with E-state index < -0.39 is 0 Å². The van der Waals surface area contributed by atoms with Crippen molar-refractivity contribution in [2.24, 2.45) is 0 Å². The normalized spacial score (nSPS) is 10.6. The van der Waals surface area contributed by atoms with Gasteiger partial charge in [0.1, 0.15) is 5.69 Å². The van der Waals surface area contributed by atoms with Gasteiger partial charge in [-0.15, -0.1) is 0 Å². The maximum atomic E-state index is 12.5. The largest absolute Gasteiger partial charge is 0.287 e. The number of ketones is 1. The number of fused-ring (bicyclic) bond motifs is 1. The van der Waals surface area contributed by atoms with Crippen LogP contribution < -0.4 is 0 Å². The highest BCUT2D eigenvalue weighted by molar-refractivity contribution is 9.10. The van der Waals surface area contributed by atoms with Gasteiger partial charge >= 0.3 is 0 Å². The molecular weight excluding hydrogens is 304 g/mol. The molecule has 0 aliphatic rings. The summed E-state index contributed by atoms with van der Waals surface area (Å²) >= 11 is 3.30. The Hall–Kier alpha value is -2.07. The first kappa shape index (κ1) is 12.0. The molecule has 0 bridgehead atoms. The van der Waals surface area contributed by atoms with E-state index in [0.29, 0.717) is 11.3 Å². The first-order chi connectivity index (χ1) is 9.25. The average Bonchev–Trinajstić information content (AvgIpc) is 2.47. The molecule has 3 nitrogen and oxygen atoms in total. The highest BCUT2D eigenvalue weighted by Gasteiger charge is 2.13. The predicted molar refractivity (Wildman–Crippen MR) is 77.1 cm³/mol. The van der Waals surface area contributed by atoms with E-state index in [0.717, 1.165) is 15.2 Å². The molecule has 0 saturated heterocycles. The third-order valence-corrected chi connectivity index (χ3v) is 3.34. The molecule has 0 spiro atoms. The fourth-order valence-electron chi connectivity index (χ4n) is 1.95. The van der Waals surface area contributed by atoms with Crippen molar-refractivity contribution in [2.75, 3.05) is 0 Å². The molecule has 0 aliphatic heterocycles. The van der Waals surface area contributed by atoms with Gasteiger partial charge in [0.05, 0.1) is 5.56 Å². The smallest absolute Gasteiger partial charge is 0.213 e. The number of hydrogen-bond acceptors (Lipinski definition) is 3. The summed E-state index contributed by atoms with van der Waals surface area (Å²) in [5.74, 6) is -0.114. The van der Waals surface area contributed by atoms with Crippen LogP contribution in [0.3, 0.4) is 0 Å². The Bertz CT molecular complexity index is 748. The Morgan fingerprint density at radius 1 is 1.00 bits per heavy atom. The van der Waals surface area contributed by atoms with Crippen LogP contribution in [0.2, 0.25) is 0 Å². The van der Waals surface area contributed by atoms with Crippen LogP contribution >= 0.6 is 15.9 Å². The topological polar surface area (TPSA) is 42.9 Å². The summed E-state index contributed by atoms with van der Waals surface area (Å²) in [6.45, 7) is 0. The molecule has 3 rings (SSSR count). The van der Waals surface area contributed by atoms with Gasteiger partial charge < -0.3 is 0 Å². The van der Waals surface area contributed by atoms with E-state index in [1.165, 1.54) is 0 Å². The van der Waals surface area contributed by atoms with E-state index in [4.69, 9.17) is 0 Å². The zero-order valence-corrected chi connectivity index (χ0v) is 11.5. The Balaban J connectivity index is 2.14. The first-order valence-electron chi connectivity index (χ1n) is 5.75.